The van der Waals surface area contributed by atoms with Crippen molar-refractivity contribution in [2.45, 2.75) is 40.2 Å². The van der Waals surface area contributed by atoms with Gasteiger partial charge < -0.3 is 10.1 Å². The Balaban J connectivity index is 2.67. The summed E-state index contributed by atoms with van der Waals surface area (Å²) < 4.78 is 5.55. The van der Waals surface area contributed by atoms with Crippen LogP contribution in [-0.4, -0.2) is 29.6 Å². The van der Waals surface area contributed by atoms with Crippen LogP contribution >= 0.6 is 11.8 Å². The van der Waals surface area contributed by atoms with Crippen molar-refractivity contribution in [3.8, 4) is 5.75 Å². The number of ether oxygens (including phenoxy) is 1. The second kappa shape index (κ2) is 10.1. The largest absolute Gasteiger partial charge is 0.492 e. The number of pyridine rings is 1. The molecule has 0 saturated heterocycles. The second-order valence-corrected chi connectivity index (χ2v) is 6.40. The van der Waals surface area contributed by atoms with E-state index in [1.807, 2.05) is 24.9 Å². The Morgan fingerprint density at radius 3 is 2.70 bits per heavy atom. The van der Waals surface area contributed by atoms with Crippen LogP contribution in [0.3, 0.4) is 0 Å². The van der Waals surface area contributed by atoms with E-state index in [0.717, 1.165) is 30.4 Å². The third-order valence-electron chi connectivity index (χ3n) is 2.82. The summed E-state index contributed by atoms with van der Waals surface area (Å²) in [5.74, 6) is 3.88. The van der Waals surface area contributed by atoms with Gasteiger partial charge in [0.2, 0.25) is 0 Å². The van der Waals surface area contributed by atoms with Gasteiger partial charge in [-0.3, -0.25) is 4.98 Å². The zero-order valence-electron chi connectivity index (χ0n) is 13.2. The molecule has 4 heteroatoms. The van der Waals surface area contributed by atoms with Crippen molar-refractivity contribution in [1.29, 1.82) is 0 Å². The lowest BCUT2D eigenvalue weighted by Gasteiger charge is -2.19. The predicted molar refractivity (Wildman–Crippen MR) is 88.6 cm³/mol. The van der Waals surface area contributed by atoms with Crippen molar-refractivity contribution in [2.75, 3.05) is 24.7 Å². The zero-order valence-corrected chi connectivity index (χ0v) is 14.0. The van der Waals surface area contributed by atoms with Crippen LogP contribution in [0.5, 0.6) is 5.75 Å². The van der Waals surface area contributed by atoms with E-state index in [4.69, 9.17) is 4.74 Å². The molecule has 0 aromatic carbocycles. The quantitative estimate of drug-likeness (QED) is 0.710. The highest BCUT2D eigenvalue weighted by Gasteiger charge is 2.12. The molecular formula is C16H28N2OS. The number of nitrogens with one attached hydrogen (secondary N) is 1. The molecule has 1 N–H and O–H groups in total. The summed E-state index contributed by atoms with van der Waals surface area (Å²) in [6.45, 7) is 10.4. The van der Waals surface area contributed by atoms with E-state index in [-0.39, 0.29) is 0 Å². The molecule has 0 spiro atoms. The molecule has 1 aromatic heterocycles. The molecule has 20 heavy (non-hydrogen) atoms. The van der Waals surface area contributed by atoms with Gasteiger partial charge in [-0.05, 0) is 43.2 Å². The Bertz CT molecular complexity index is 371. The fraction of sp³-hybridized carbons (Fsp3) is 0.688. The van der Waals surface area contributed by atoms with Crippen molar-refractivity contribution in [3.63, 3.8) is 0 Å². The third-order valence-corrected chi connectivity index (χ3v) is 4.30. The monoisotopic (exact) mass is 296 g/mol. The average Bonchev–Trinajstić information content (AvgIpc) is 2.43. The second-order valence-electron chi connectivity index (χ2n) is 5.33. The highest BCUT2D eigenvalue weighted by atomic mass is 32.2. The molecule has 1 rings (SSSR count). The van der Waals surface area contributed by atoms with Crippen LogP contribution in [0.25, 0.3) is 0 Å². The van der Waals surface area contributed by atoms with Gasteiger partial charge in [0.15, 0.2) is 0 Å². The maximum absolute atomic E-state index is 5.55. The van der Waals surface area contributed by atoms with Crippen molar-refractivity contribution in [3.05, 3.63) is 24.0 Å². The first kappa shape index (κ1) is 17.3. The highest BCUT2D eigenvalue weighted by Crippen LogP contribution is 2.22. The maximum Gasteiger partial charge on any atom is 0.137 e. The molecule has 1 atom stereocenters. The first-order valence-electron chi connectivity index (χ1n) is 7.56. The minimum atomic E-state index is 0.353. The fourth-order valence-corrected chi connectivity index (χ4v) is 3.04. The molecule has 0 aliphatic carbocycles. The molecule has 114 valence electrons. The maximum atomic E-state index is 5.55. The predicted octanol–water partition coefficient (Wildman–Crippen LogP) is 3.91. The normalized spacial score (nSPS) is 12.7. The highest BCUT2D eigenvalue weighted by molar-refractivity contribution is 7.99. The van der Waals surface area contributed by atoms with Crippen LogP contribution in [-0.2, 0) is 0 Å². The Morgan fingerprint density at radius 2 is 2.05 bits per heavy atom. The van der Waals surface area contributed by atoms with Gasteiger partial charge in [-0.15, -0.1) is 0 Å². The Morgan fingerprint density at radius 1 is 1.25 bits per heavy atom. The number of aromatic nitrogens is 1. The summed E-state index contributed by atoms with van der Waals surface area (Å²) in [5.41, 5.74) is 1.22. The van der Waals surface area contributed by atoms with Crippen molar-refractivity contribution in [2.24, 2.45) is 5.92 Å². The molecule has 3 nitrogen and oxygen atoms in total. The summed E-state index contributed by atoms with van der Waals surface area (Å²) in [6.07, 6.45) is 4.88. The van der Waals surface area contributed by atoms with Crippen LogP contribution in [0.1, 0.15) is 45.7 Å². The van der Waals surface area contributed by atoms with E-state index in [9.17, 15) is 0 Å². The van der Waals surface area contributed by atoms with Gasteiger partial charge in [0, 0.05) is 18.0 Å². The number of rotatable bonds is 10. The van der Waals surface area contributed by atoms with E-state index in [1.54, 1.807) is 6.20 Å². The van der Waals surface area contributed by atoms with Crippen LogP contribution in [0, 0.1) is 5.92 Å². The first-order chi connectivity index (χ1) is 9.67. The SMILES string of the molecule is CCCNC(CSCC(C)C)c1cncc(OCC)c1. The van der Waals surface area contributed by atoms with Crippen LogP contribution < -0.4 is 10.1 Å². The van der Waals surface area contributed by atoms with Gasteiger partial charge in [-0.1, -0.05) is 20.8 Å². The number of hydrogen-bond donors (Lipinski definition) is 1. The lowest BCUT2D eigenvalue weighted by Crippen LogP contribution is -2.24. The molecule has 0 aliphatic heterocycles. The van der Waals surface area contributed by atoms with Crippen LogP contribution in [0.4, 0.5) is 0 Å². The lowest BCUT2D eigenvalue weighted by molar-refractivity contribution is 0.338. The van der Waals surface area contributed by atoms with Gasteiger partial charge in [0.05, 0.1) is 12.8 Å². The topological polar surface area (TPSA) is 34.2 Å². The summed E-state index contributed by atoms with van der Waals surface area (Å²) >= 11 is 2.00. The number of nitrogens with zero attached hydrogens (tertiary/aromatic N) is 1. The van der Waals surface area contributed by atoms with E-state index in [2.05, 4.69) is 37.1 Å². The third kappa shape index (κ3) is 6.62. The minimum absolute atomic E-state index is 0.353. The molecular weight excluding hydrogens is 268 g/mol. The molecule has 0 fully saturated rings. The average molecular weight is 296 g/mol. The molecule has 0 amide bonds. The Kier molecular flexibility index (Phi) is 8.70. The molecule has 0 bridgehead atoms. The van der Waals surface area contributed by atoms with Gasteiger partial charge in [-0.25, -0.2) is 0 Å². The van der Waals surface area contributed by atoms with E-state index >= 15 is 0 Å². The summed E-state index contributed by atoms with van der Waals surface area (Å²) in [5, 5.41) is 3.61. The van der Waals surface area contributed by atoms with E-state index in [0.29, 0.717) is 12.6 Å². The summed E-state index contributed by atoms with van der Waals surface area (Å²) in [4.78, 5) is 4.30. The van der Waals surface area contributed by atoms with Crippen molar-refractivity contribution in [1.82, 2.24) is 10.3 Å². The van der Waals surface area contributed by atoms with Gasteiger partial charge in [-0.2, -0.15) is 11.8 Å². The number of hydrogen-bond acceptors (Lipinski definition) is 4. The van der Waals surface area contributed by atoms with Gasteiger partial charge in [0.25, 0.3) is 0 Å². The molecule has 0 aliphatic rings. The fourth-order valence-electron chi connectivity index (χ4n) is 1.88. The van der Waals surface area contributed by atoms with Crippen molar-refractivity contribution >= 4 is 11.8 Å². The Labute approximate surface area is 127 Å². The summed E-state index contributed by atoms with van der Waals surface area (Å²) in [6, 6.07) is 2.46. The number of thioether (sulfide) groups is 1. The molecule has 1 unspecified atom stereocenters. The van der Waals surface area contributed by atoms with Gasteiger partial charge in [0.1, 0.15) is 5.75 Å². The van der Waals surface area contributed by atoms with Crippen molar-refractivity contribution < 1.29 is 4.74 Å². The molecule has 1 heterocycles. The molecule has 1 aromatic rings. The van der Waals surface area contributed by atoms with Gasteiger partial charge >= 0.3 is 0 Å². The van der Waals surface area contributed by atoms with E-state index < -0.39 is 0 Å². The molecule has 0 saturated carbocycles. The smallest absolute Gasteiger partial charge is 0.137 e. The minimum Gasteiger partial charge on any atom is -0.492 e. The Hall–Kier alpha value is -0.740. The standard InChI is InChI=1S/C16H28N2OS/c1-5-7-18-16(12-20-11-13(3)4)14-8-15(19-6-2)10-17-9-14/h8-10,13,16,18H,5-7,11-12H2,1-4H3. The van der Waals surface area contributed by atoms with Crippen LogP contribution in [0.2, 0.25) is 0 Å². The summed E-state index contributed by atoms with van der Waals surface area (Å²) in [7, 11) is 0. The zero-order chi connectivity index (χ0) is 14.8. The lowest BCUT2D eigenvalue weighted by atomic mass is 10.1. The first-order valence-corrected chi connectivity index (χ1v) is 8.71. The van der Waals surface area contributed by atoms with Crippen LogP contribution in [0.15, 0.2) is 18.5 Å². The van der Waals surface area contributed by atoms with E-state index in [1.165, 1.54) is 11.3 Å². The molecule has 0 radical (unpaired) electrons.